The largest absolute Gasteiger partial charge is 0.361 e. The van der Waals surface area contributed by atoms with E-state index in [1.165, 1.54) is 4.31 Å². The molecular weight excluding hydrogens is 266 g/mol. The molecule has 1 aliphatic heterocycles. The van der Waals surface area contributed by atoms with Crippen molar-refractivity contribution in [2.45, 2.75) is 32.4 Å². The quantitative estimate of drug-likeness (QED) is 0.837. The van der Waals surface area contributed by atoms with Crippen LogP contribution < -0.4 is 0 Å². The molecule has 0 N–H and O–H groups in total. The maximum atomic E-state index is 12.2. The van der Waals surface area contributed by atoms with Crippen LogP contribution in [-0.2, 0) is 15.8 Å². The second-order valence-corrected chi connectivity index (χ2v) is 7.23. The summed E-state index contributed by atoms with van der Waals surface area (Å²) in [5, 5.41) is 12.7. The maximum Gasteiger partial charge on any atom is 0.219 e. The van der Waals surface area contributed by atoms with Crippen LogP contribution in [0.4, 0.5) is 0 Å². The van der Waals surface area contributed by atoms with E-state index in [9.17, 15) is 8.42 Å². The first-order valence-electron chi connectivity index (χ1n) is 6.16. The second kappa shape index (κ2) is 4.94. The highest BCUT2D eigenvalue weighted by molar-refractivity contribution is 7.88. The van der Waals surface area contributed by atoms with Crippen molar-refractivity contribution < 1.29 is 12.9 Å². The van der Waals surface area contributed by atoms with Gasteiger partial charge in [0.15, 0.2) is 0 Å². The molecule has 0 spiro atoms. The Bertz CT molecular complexity index is 592. The van der Waals surface area contributed by atoms with Crippen molar-refractivity contribution in [2.75, 3.05) is 13.1 Å². The fourth-order valence-electron chi connectivity index (χ4n) is 2.13. The number of piperidine rings is 1. The Morgan fingerprint density at radius 2 is 2.16 bits per heavy atom. The summed E-state index contributed by atoms with van der Waals surface area (Å²) >= 11 is 0. The molecule has 0 amide bonds. The summed E-state index contributed by atoms with van der Waals surface area (Å²) in [6, 6.07) is 3.88. The van der Waals surface area contributed by atoms with Gasteiger partial charge in [-0.05, 0) is 26.7 Å². The van der Waals surface area contributed by atoms with Crippen LogP contribution in [0.15, 0.2) is 10.6 Å². The lowest BCUT2D eigenvalue weighted by molar-refractivity contribution is 0.231. The molecule has 6 nitrogen and oxygen atoms in total. The Kier molecular flexibility index (Phi) is 3.65. The van der Waals surface area contributed by atoms with Gasteiger partial charge in [0, 0.05) is 19.2 Å². The minimum atomic E-state index is -3.38. The monoisotopic (exact) mass is 283 g/mol. The van der Waals surface area contributed by atoms with Crippen LogP contribution in [0.3, 0.4) is 0 Å². The van der Waals surface area contributed by atoms with Crippen LogP contribution in [0.5, 0.6) is 0 Å². The van der Waals surface area contributed by atoms with Crippen LogP contribution in [-0.4, -0.2) is 31.0 Å². The van der Waals surface area contributed by atoms with E-state index in [4.69, 9.17) is 9.78 Å². The highest BCUT2D eigenvalue weighted by Gasteiger charge is 2.35. The number of nitriles is 1. The van der Waals surface area contributed by atoms with E-state index in [-0.39, 0.29) is 5.75 Å². The highest BCUT2D eigenvalue weighted by atomic mass is 32.2. The molecule has 2 rings (SSSR count). The average Bonchev–Trinajstić information content (AvgIpc) is 2.74. The van der Waals surface area contributed by atoms with Crippen LogP contribution in [0.25, 0.3) is 0 Å². The van der Waals surface area contributed by atoms with Gasteiger partial charge in [0.25, 0.3) is 0 Å². The minimum absolute atomic E-state index is 0.145. The van der Waals surface area contributed by atoms with Crippen molar-refractivity contribution in [3.63, 3.8) is 0 Å². The van der Waals surface area contributed by atoms with Crippen LogP contribution in [0.1, 0.15) is 31.2 Å². The number of rotatable bonds is 3. The lowest BCUT2D eigenvalue weighted by Crippen LogP contribution is -2.42. The van der Waals surface area contributed by atoms with Gasteiger partial charge in [0.1, 0.15) is 17.2 Å². The second-order valence-electron chi connectivity index (χ2n) is 5.26. The summed E-state index contributed by atoms with van der Waals surface area (Å²) in [5.41, 5.74) is 0.0161. The molecule has 0 unspecified atom stereocenters. The van der Waals surface area contributed by atoms with Gasteiger partial charge in [0.2, 0.25) is 10.0 Å². The van der Waals surface area contributed by atoms with Crippen LogP contribution in [0, 0.1) is 23.7 Å². The molecule has 1 aromatic heterocycles. The molecule has 7 heteroatoms. The molecule has 0 aromatic carbocycles. The van der Waals surface area contributed by atoms with Gasteiger partial charge in [-0.3, -0.25) is 0 Å². The summed E-state index contributed by atoms with van der Waals surface area (Å²) in [6.45, 7) is 4.38. The zero-order chi connectivity index (χ0) is 14.1. The van der Waals surface area contributed by atoms with E-state index in [1.54, 1.807) is 13.0 Å². The molecule has 0 aliphatic carbocycles. The van der Waals surface area contributed by atoms with E-state index in [1.807, 2.05) is 6.92 Å². The SMILES string of the molecule is Cc1cc(CS(=O)(=O)N2CCC(C)(C#N)CC2)no1. The molecule has 1 fully saturated rings. The molecule has 1 aliphatic rings. The third kappa shape index (κ3) is 3.14. The molecule has 1 aromatic rings. The Morgan fingerprint density at radius 3 is 2.63 bits per heavy atom. The predicted octanol–water partition coefficient (Wildman–Crippen LogP) is 1.44. The normalized spacial score (nSPS) is 20.1. The lowest BCUT2D eigenvalue weighted by atomic mass is 9.83. The zero-order valence-corrected chi connectivity index (χ0v) is 11.9. The van der Waals surface area contributed by atoms with E-state index < -0.39 is 15.4 Å². The van der Waals surface area contributed by atoms with Gasteiger partial charge >= 0.3 is 0 Å². The lowest BCUT2D eigenvalue weighted by Gasteiger charge is -2.33. The standard InChI is InChI=1S/C12H17N3O3S/c1-10-7-11(14-18-10)8-19(16,17)15-5-3-12(2,9-13)4-6-15/h7H,3-6,8H2,1-2H3. The molecule has 104 valence electrons. The van der Waals surface area contributed by atoms with Gasteiger partial charge in [-0.2, -0.15) is 5.26 Å². The number of hydrogen-bond donors (Lipinski definition) is 0. The number of sulfonamides is 1. The summed E-state index contributed by atoms with van der Waals surface area (Å²) in [7, 11) is -3.38. The fourth-order valence-corrected chi connectivity index (χ4v) is 3.57. The number of aryl methyl sites for hydroxylation is 1. The Morgan fingerprint density at radius 1 is 1.53 bits per heavy atom. The molecule has 1 saturated heterocycles. The van der Waals surface area contributed by atoms with Crippen molar-refractivity contribution in [3.8, 4) is 6.07 Å². The van der Waals surface area contributed by atoms with E-state index in [0.29, 0.717) is 37.4 Å². The maximum absolute atomic E-state index is 12.2. The molecular formula is C12H17N3O3S. The summed E-state index contributed by atoms with van der Waals surface area (Å²) in [4.78, 5) is 0. The predicted molar refractivity (Wildman–Crippen MR) is 68.4 cm³/mol. The summed E-state index contributed by atoms with van der Waals surface area (Å²) in [6.07, 6.45) is 1.14. The molecule has 0 radical (unpaired) electrons. The van der Waals surface area contributed by atoms with Crippen molar-refractivity contribution in [1.29, 1.82) is 5.26 Å². The number of nitrogens with zero attached hydrogens (tertiary/aromatic N) is 3. The van der Waals surface area contributed by atoms with E-state index in [2.05, 4.69) is 11.2 Å². The smallest absolute Gasteiger partial charge is 0.219 e. The zero-order valence-electron chi connectivity index (χ0n) is 11.1. The molecule has 0 atom stereocenters. The van der Waals surface area contributed by atoms with Crippen molar-refractivity contribution in [3.05, 3.63) is 17.5 Å². The number of aromatic nitrogens is 1. The van der Waals surface area contributed by atoms with Gasteiger partial charge in [0.05, 0.1) is 11.5 Å². The Hall–Kier alpha value is -1.39. The first-order valence-corrected chi connectivity index (χ1v) is 7.77. The first kappa shape index (κ1) is 14.0. The summed E-state index contributed by atoms with van der Waals surface area (Å²) in [5.74, 6) is 0.453. The van der Waals surface area contributed by atoms with E-state index in [0.717, 1.165) is 0 Å². The van der Waals surface area contributed by atoms with Crippen LogP contribution in [0.2, 0.25) is 0 Å². The Balaban J connectivity index is 2.04. The van der Waals surface area contributed by atoms with Gasteiger partial charge in [-0.1, -0.05) is 5.16 Å². The van der Waals surface area contributed by atoms with Gasteiger partial charge in [-0.15, -0.1) is 0 Å². The molecule has 0 bridgehead atoms. The van der Waals surface area contributed by atoms with Crippen molar-refractivity contribution in [2.24, 2.45) is 5.41 Å². The van der Waals surface area contributed by atoms with Gasteiger partial charge in [-0.25, -0.2) is 12.7 Å². The third-order valence-corrected chi connectivity index (χ3v) is 5.31. The van der Waals surface area contributed by atoms with Crippen molar-refractivity contribution in [1.82, 2.24) is 9.46 Å². The molecule has 0 saturated carbocycles. The highest BCUT2D eigenvalue weighted by Crippen LogP contribution is 2.31. The molecule has 2 heterocycles. The fraction of sp³-hybridized carbons (Fsp3) is 0.667. The third-order valence-electron chi connectivity index (χ3n) is 3.50. The first-order chi connectivity index (χ1) is 8.85. The topological polar surface area (TPSA) is 87.2 Å². The summed E-state index contributed by atoms with van der Waals surface area (Å²) < 4.78 is 30.8. The average molecular weight is 283 g/mol. The minimum Gasteiger partial charge on any atom is -0.361 e. The van der Waals surface area contributed by atoms with Crippen LogP contribution >= 0.6 is 0 Å². The Labute approximate surface area is 113 Å². The van der Waals surface area contributed by atoms with Crippen molar-refractivity contribution >= 4 is 10.0 Å². The van der Waals surface area contributed by atoms with E-state index >= 15 is 0 Å². The molecule has 19 heavy (non-hydrogen) atoms. The number of hydrogen-bond acceptors (Lipinski definition) is 5. The van der Waals surface area contributed by atoms with Gasteiger partial charge < -0.3 is 4.52 Å².